The first-order valence-electron chi connectivity index (χ1n) is 7.06. The van der Waals surface area contributed by atoms with Gasteiger partial charge in [-0.05, 0) is 36.6 Å². The second kappa shape index (κ2) is 7.76. The second-order valence-corrected chi connectivity index (χ2v) is 10.0. The summed E-state index contributed by atoms with van der Waals surface area (Å²) in [6.45, 7) is 0.936. The fourth-order valence-corrected chi connectivity index (χ4v) is 5.10. The molecule has 4 N–H and O–H groups in total. The van der Waals surface area contributed by atoms with Crippen LogP contribution in [0.3, 0.4) is 0 Å². The highest BCUT2D eigenvalue weighted by Crippen LogP contribution is 2.08. The molecule has 0 aromatic rings. The summed E-state index contributed by atoms with van der Waals surface area (Å²) in [6.07, 6.45) is 3.12. The second-order valence-electron chi connectivity index (χ2n) is 5.33. The lowest BCUT2D eigenvalue weighted by atomic mass is 10.3. The van der Waals surface area contributed by atoms with Crippen molar-refractivity contribution in [2.24, 2.45) is 0 Å². The van der Waals surface area contributed by atoms with Gasteiger partial charge in [0.1, 0.15) is 0 Å². The van der Waals surface area contributed by atoms with E-state index in [-0.39, 0.29) is 23.6 Å². The fourth-order valence-electron chi connectivity index (χ4n) is 2.12. The molecule has 0 amide bonds. The van der Waals surface area contributed by atoms with Gasteiger partial charge in [0.05, 0.1) is 23.6 Å². The number of nitrogens with one attached hydrogen (secondary N) is 4. The van der Waals surface area contributed by atoms with Gasteiger partial charge >= 0.3 is 0 Å². The summed E-state index contributed by atoms with van der Waals surface area (Å²) in [6, 6.07) is -0.636. The molecule has 0 saturated heterocycles. The molecule has 2 unspecified atom stereocenters. The lowest BCUT2D eigenvalue weighted by molar-refractivity contribution is 0.600. The van der Waals surface area contributed by atoms with Crippen LogP contribution in [0.15, 0.2) is 23.0 Å². The van der Waals surface area contributed by atoms with Crippen LogP contribution in [-0.2, 0) is 19.7 Å². The zero-order valence-corrected chi connectivity index (χ0v) is 15.8. The maximum Gasteiger partial charge on any atom is 0.173 e. The maximum absolute atomic E-state index is 11.3. The number of sulfone groups is 2. The van der Waals surface area contributed by atoms with Crippen molar-refractivity contribution in [1.29, 1.82) is 0 Å². The van der Waals surface area contributed by atoms with Crippen molar-refractivity contribution in [3.8, 4) is 0 Å². The fraction of sp³-hybridized carbons (Fsp3) is 0.500. The molecule has 0 fully saturated rings. The molecule has 2 heterocycles. The third kappa shape index (κ3) is 6.34. The number of rotatable bonds is 5. The smallest absolute Gasteiger partial charge is 0.173 e. The third-order valence-electron chi connectivity index (χ3n) is 3.19. The minimum atomic E-state index is -3.11. The van der Waals surface area contributed by atoms with Crippen LogP contribution in [0.4, 0.5) is 0 Å². The van der Waals surface area contributed by atoms with Crippen LogP contribution in [-0.4, -0.2) is 63.7 Å². The molecule has 0 spiro atoms. The minimum absolute atomic E-state index is 0.00110. The molecule has 2 aliphatic rings. The van der Waals surface area contributed by atoms with Crippen molar-refractivity contribution in [1.82, 2.24) is 21.3 Å². The molecule has 0 radical (unpaired) electrons. The Hall–Kier alpha value is -1.24. The topological polar surface area (TPSA) is 116 Å². The molecule has 0 aromatic carbocycles. The predicted octanol–water partition coefficient (Wildman–Crippen LogP) is -1.46. The van der Waals surface area contributed by atoms with Gasteiger partial charge in [-0.1, -0.05) is 0 Å². The molecule has 8 nitrogen and oxygen atoms in total. The highest BCUT2D eigenvalue weighted by Gasteiger charge is 2.22. The van der Waals surface area contributed by atoms with Crippen LogP contribution >= 0.6 is 24.4 Å². The highest BCUT2D eigenvalue weighted by atomic mass is 32.2. The molecule has 2 aliphatic heterocycles. The van der Waals surface area contributed by atoms with Crippen molar-refractivity contribution in [3.05, 3.63) is 23.0 Å². The largest absolute Gasteiger partial charge is 0.361 e. The maximum atomic E-state index is 11.3. The summed E-state index contributed by atoms with van der Waals surface area (Å²) in [5.41, 5.74) is 0. The van der Waals surface area contributed by atoms with E-state index in [1.165, 1.54) is 10.8 Å². The van der Waals surface area contributed by atoms with Crippen molar-refractivity contribution >= 4 is 54.3 Å². The summed E-state index contributed by atoms with van der Waals surface area (Å²) < 4.78 is 45.1. The van der Waals surface area contributed by atoms with E-state index in [4.69, 9.17) is 24.4 Å². The standard InChI is InChI=1S/C12H18N4O4S4/c17-23(18)5-1-9(7-23)15-11(21)13-3-4-14-12(22)16-10-2-6-24(19,20)8-10/h1-2,5-6,9-10H,3-4,7-8H2,(H2,13,15,21)(H2,14,16,22). The summed E-state index contributed by atoms with van der Waals surface area (Å²) in [7, 11) is -6.23. The highest BCUT2D eigenvalue weighted by molar-refractivity contribution is 7.94. The minimum Gasteiger partial charge on any atom is -0.361 e. The third-order valence-corrected chi connectivity index (χ3v) is 6.50. The van der Waals surface area contributed by atoms with Gasteiger partial charge in [0.25, 0.3) is 0 Å². The molecular formula is C12H18N4O4S4. The number of hydrogen-bond donors (Lipinski definition) is 4. The summed E-state index contributed by atoms with van der Waals surface area (Å²) in [5.74, 6) is -0.00220. The predicted molar refractivity (Wildman–Crippen MR) is 101 cm³/mol. The molecule has 2 atom stereocenters. The van der Waals surface area contributed by atoms with Gasteiger partial charge < -0.3 is 21.3 Å². The van der Waals surface area contributed by atoms with Crippen LogP contribution in [0.1, 0.15) is 0 Å². The first-order chi connectivity index (χ1) is 11.2. The number of hydrogen-bond acceptors (Lipinski definition) is 6. The summed E-state index contributed by atoms with van der Waals surface area (Å²) in [5, 5.41) is 14.7. The molecular weight excluding hydrogens is 392 g/mol. The molecule has 24 heavy (non-hydrogen) atoms. The Bertz CT molecular complexity index is 707. The average Bonchev–Trinajstić information content (AvgIpc) is 2.96. The molecule has 134 valence electrons. The Kier molecular flexibility index (Phi) is 6.17. The van der Waals surface area contributed by atoms with Gasteiger partial charge in [0.15, 0.2) is 29.9 Å². The van der Waals surface area contributed by atoms with E-state index in [1.807, 2.05) is 0 Å². The lowest BCUT2D eigenvalue weighted by Gasteiger charge is -2.16. The average molecular weight is 411 g/mol. The molecule has 2 rings (SSSR count). The van der Waals surface area contributed by atoms with E-state index >= 15 is 0 Å². The molecule has 0 aliphatic carbocycles. The van der Waals surface area contributed by atoms with Gasteiger partial charge in [-0.25, -0.2) is 16.8 Å². The van der Waals surface area contributed by atoms with Gasteiger partial charge in [0.2, 0.25) is 0 Å². The van der Waals surface area contributed by atoms with Gasteiger partial charge in [-0.15, -0.1) is 0 Å². The van der Waals surface area contributed by atoms with Crippen LogP contribution in [0.2, 0.25) is 0 Å². The van der Waals surface area contributed by atoms with Gasteiger partial charge in [-0.2, -0.15) is 0 Å². The quantitative estimate of drug-likeness (QED) is 0.316. The van der Waals surface area contributed by atoms with Crippen LogP contribution in [0.25, 0.3) is 0 Å². The van der Waals surface area contributed by atoms with E-state index in [1.54, 1.807) is 12.2 Å². The monoisotopic (exact) mass is 410 g/mol. The zero-order chi connectivity index (χ0) is 17.8. The zero-order valence-electron chi connectivity index (χ0n) is 12.6. The Balaban J connectivity index is 1.58. The van der Waals surface area contributed by atoms with Crippen LogP contribution < -0.4 is 21.3 Å². The molecule has 0 saturated carbocycles. The SMILES string of the molecule is O=S1(=O)C=CC(NC(=S)NCCNC(=S)NC2C=CS(=O)(=O)C2)C1. The first kappa shape index (κ1) is 19.1. The van der Waals surface area contributed by atoms with E-state index in [0.29, 0.717) is 23.3 Å². The van der Waals surface area contributed by atoms with Crippen molar-refractivity contribution in [2.45, 2.75) is 12.1 Å². The lowest BCUT2D eigenvalue weighted by Crippen LogP contribution is -2.47. The molecule has 0 bridgehead atoms. The van der Waals surface area contributed by atoms with E-state index in [9.17, 15) is 16.8 Å². The van der Waals surface area contributed by atoms with Crippen molar-refractivity contribution in [3.63, 3.8) is 0 Å². The summed E-state index contributed by atoms with van der Waals surface area (Å²) >= 11 is 10.2. The van der Waals surface area contributed by atoms with Crippen molar-refractivity contribution < 1.29 is 16.8 Å². The van der Waals surface area contributed by atoms with Gasteiger partial charge in [-0.3, -0.25) is 0 Å². The Morgan fingerprint density at radius 1 is 0.833 bits per heavy atom. The van der Waals surface area contributed by atoms with E-state index in [0.717, 1.165) is 0 Å². The Morgan fingerprint density at radius 2 is 1.21 bits per heavy atom. The summed E-state index contributed by atoms with van der Waals surface area (Å²) in [4.78, 5) is 0. The van der Waals surface area contributed by atoms with Gasteiger partial charge in [0, 0.05) is 23.9 Å². The number of thiocarbonyl (C=S) groups is 2. The first-order valence-corrected chi connectivity index (χ1v) is 11.3. The van der Waals surface area contributed by atoms with E-state index < -0.39 is 19.7 Å². The molecule has 0 aromatic heterocycles. The van der Waals surface area contributed by atoms with Crippen molar-refractivity contribution in [2.75, 3.05) is 24.6 Å². The Labute approximate surface area is 152 Å². The van der Waals surface area contributed by atoms with Crippen LogP contribution in [0.5, 0.6) is 0 Å². The molecule has 12 heteroatoms. The van der Waals surface area contributed by atoms with Crippen LogP contribution in [0, 0.1) is 0 Å². The Morgan fingerprint density at radius 3 is 1.50 bits per heavy atom. The van der Waals surface area contributed by atoms with E-state index in [2.05, 4.69) is 21.3 Å². The normalized spacial score (nSPS) is 26.0.